The fraction of sp³-hybridized carbons (Fsp3) is 0.611. The van der Waals surface area contributed by atoms with E-state index < -0.39 is 0 Å². The molecule has 0 saturated heterocycles. The van der Waals surface area contributed by atoms with Gasteiger partial charge in [-0.1, -0.05) is 64.2 Å². The molecule has 0 bridgehead atoms. The second-order valence-electron chi connectivity index (χ2n) is 6.42. The van der Waals surface area contributed by atoms with Crippen LogP contribution in [0.15, 0.2) is 24.3 Å². The molecule has 0 heterocycles. The molecular weight excluding hydrogens is 260 g/mol. The summed E-state index contributed by atoms with van der Waals surface area (Å²) < 4.78 is 0. The van der Waals surface area contributed by atoms with Crippen molar-refractivity contribution in [2.75, 3.05) is 11.9 Å². The molecule has 1 saturated carbocycles. The Labute approximate surface area is 128 Å². The van der Waals surface area contributed by atoms with Crippen LogP contribution in [0.2, 0.25) is 0 Å². The number of para-hydroxylation sites is 1. The summed E-state index contributed by atoms with van der Waals surface area (Å²) in [5.41, 5.74) is 2.10. The lowest BCUT2D eigenvalue weighted by Crippen LogP contribution is -2.31. The van der Waals surface area contributed by atoms with Gasteiger partial charge in [0.05, 0.1) is 0 Å². The van der Waals surface area contributed by atoms with E-state index in [-0.39, 0.29) is 6.03 Å². The second kappa shape index (κ2) is 8.06. The van der Waals surface area contributed by atoms with Gasteiger partial charge in [-0.05, 0) is 29.9 Å². The third kappa shape index (κ3) is 5.07. The van der Waals surface area contributed by atoms with Gasteiger partial charge in [-0.3, -0.25) is 0 Å². The van der Waals surface area contributed by atoms with Crippen LogP contribution in [0.3, 0.4) is 0 Å². The van der Waals surface area contributed by atoms with Gasteiger partial charge in [-0.15, -0.1) is 0 Å². The van der Waals surface area contributed by atoms with Gasteiger partial charge in [0.15, 0.2) is 0 Å². The van der Waals surface area contributed by atoms with Crippen LogP contribution in [-0.2, 0) is 0 Å². The number of amides is 2. The minimum Gasteiger partial charge on any atom is -0.338 e. The Kier molecular flexibility index (Phi) is 6.09. The largest absolute Gasteiger partial charge is 0.338 e. The number of hydrogen-bond acceptors (Lipinski definition) is 1. The predicted molar refractivity (Wildman–Crippen MR) is 88.7 cm³/mol. The molecule has 2 N–H and O–H groups in total. The first-order chi connectivity index (χ1) is 10.2. The lowest BCUT2D eigenvalue weighted by molar-refractivity contribution is 0.250. The molecule has 0 spiro atoms. The van der Waals surface area contributed by atoms with Gasteiger partial charge in [0, 0.05) is 12.2 Å². The Morgan fingerprint density at radius 1 is 1.19 bits per heavy atom. The first-order valence-electron chi connectivity index (χ1n) is 8.30. The van der Waals surface area contributed by atoms with Crippen molar-refractivity contribution in [3.63, 3.8) is 0 Å². The molecule has 21 heavy (non-hydrogen) atoms. The van der Waals surface area contributed by atoms with Crippen LogP contribution >= 0.6 is 0 Å². The minimum atomic E-state index is -0.0843. The van der Waals surface area contributed by atoms with Crippen molar-refractivity contribution in [1.82, 2.24) is 5.32 Å². The number of carbonyl (C=O) groups excluding carboxylic acids is 1. The molecular formula is C18H28N2O. The molecule has 3 heteroatoms. The Bertz CT molecular complexity index is 450. The van der Waals surface area contributed by atoms with Gasteiger partial charge in [0.2, 0.25) is 0 Å². The fourth-order valence-electron chi connectivity index (χ4n) is 3.15. The zero-order valence-electron chi connectivity index (χ0n) is 13.3. The zero-order chi connectivity index (χ0) is 15.1. The Hall–Kier alpha value is -1.51. The van der Waals surface area contributed by atoms with Crippen LogP contribution in [0.5, 0.6) is 0 Å². The van der Waals surface area contributed by atoms with Gasteiger partial charge in [-0.2, -0.15) is 0 Å². The molecule has 0 aromatic heterocycles. The second-order valence-corrected chi connectivity index (χ2v) is 6.42. The highest BCUT2D eigenvalue weighted by Crippen LogP contribution is 2.26. The first-order valence-corrected chi connectivity index (χ1v) is 8.30. The van der Waals surface area contributed by atoms with Gasteiger partial charge >= 0.3 is 6.03 Å². The summed E-state index contributed by atoms with van der Waals surface area (Å²) in [5.74, 6) is 1.21. The molecule has 1 aromatic rings. The van der Waals surface area contributed by atoms with Crippen LogP contribution in [0.1, 0.15) is 63.9 Å². The molecule has 1 aliphatic carbocycles. The highest BCUT2D eigenvalue weighted by atomic mass is 16.2. The summed E-state index contributed by atoms with van der Waals surface area (Å²) in [6, 6.07) is 7.93. The van der Waals surface area contributed by atoms with Crippen LogP contribution in [-0.4, -0.2) is 12.6 Å². The fourth-order valence-corrected chi connectivity index (χ4v) is 3.15. The smallest absolute Gasteiger partial charge is 0.319 e. The summed E-state index contributed by atoms with van der Waals surface area (Å²) in [6.07, 6.45) is 7.88. The van der Waals surface area contributed by atoms with E-state index in [2.05, 4.69) is 30.5 Å². The topological polar surface area (TPSA) is 41.1 Å². The molecule has 0 radical (unpaired) electrons. The van der Waals surface area contributed by atoms with E-state index in [9.17, 15) is 4.79 Å². The molecule has 1 aromatic carbocycles. The van der Waals surface area contributed by atoms with Crippen molar-refractivity contribution in [3.8, 4) is 0 Å². The average Bonchev–Trinajstić information content (AvgIpc) is 2.48. The zero-order valence-corrected chi connectivity index (χ0v) is 13.3. The van der Waals surface area contributed by atoms with E-state index in [1.165, 1.54) is 37.7 Å². The summed E-state index contributed by atoms with van der Waals surface area (Å²) in [4.78, 5) is 12.0. The molecule has 116 valence electrons. The lowest BCUT2D eigenvalue weighted by atomic mass is 9.87. The van der Waals surface area contributed by atoms with Crippen molar-refractivity contribution < 1.29 is 4.79 Å². The van der Waals surface area contributed by atoms with Crippen molar-refractivity contribution in [2.45, 2.75) is 58.3 Å². The normalized spacial score (nSPS) is 16.0. The molecule has 0 atom stereocenters. The number of hydrogen-bond donors (Lipinski definition) is 2. The van der Waals surface area contributed by atoms with Crippen LogP contribution in [0.4, 0.5) is 10.5 Å². The summed E-state index contributed by atoms with van der Waals surface area (Å²) >= 11 is 0. The van der Waals surface area contributed by atoms with E-state index in [0.717, 1.165) is 24.6 Å². The molecule has 0 unspecified atom stereocenters. The van der Waals surface area contributed by atoms with Crippen molar-refractivity contribution >= 4 is 11.7 Å². The van der Waals surface area contributed by atoms with E-state index >= 15 is 0 Å². The van der Waals surface area contributed by atoms with Crippen molar-refractivity contribution in [1.29, 1.82) is 0 Å². The van der Waals surface area contributed by atoms with Gasteiger partial charge in [-0.25, -0.2) is 4.79 Å². The van der Waals surface area contributed by atoms with Gasteiger partial charge in [0.25, 0.3) is 0 Å². The molecule has 2 rings (SSSR count). The molecule has 3 nitrogen and oxygen atoms in total. The minimum absolute atomic E-state index is 0.0843. The third-order valence-electron chi connectivity index (χ3n) is 4.39. The van der Waals surface area contributed by atoms with Crippen molar-refractivity contribution in [2.24, 2.45) is 5.92 Å². The number of nitrogens with one attached hydrogen (secondary N) is 2. The third-order valence-corrected chi connectivity index (χ3v) is 4.39. The Balaban J connectivity index is 1.76. The highest BCUT2D eigenvalue weighted by Gasteiger charge is 2.13. The number of rotatable bonds is 5. The van der Waals surface area contributed by atoms with Crippen LogP contribution in [0, 0.1) is 5.92 Å². The summed E-state index contributed by atoms with van der Waals surface area (Å²) in [5, 5.41) is 5.97. The van der Waals surface area contributed by atoms with E-state index in [1.807, 2.05) is 18.2 Å². The lowest BCUT2D eigenvalue weighted by Gasteiger charge is -2.21. The van der Waals surface area contributed by atoms with Crippen LogP contribution in [0.25, 0.3) is 0 Å². The van der Waals surface area contributed by atoms with E-state index in [4.69, 9.17) is 0 Å². The highest BCUT2D eigenvalue weighted by molar-refractivity contribution is 5.90. The van der Waals surface area contributed by atoms with Crippen molar-refractivity contribution in [3.05, 3.63) is 29.8 Å². The average molecular weight is 288 g/mol. The maximum atomic E-state index is 12.0. The molecule has 2 amide bonds. The number of anilines is 1. The van der Waals surface area contributed by atoms with Gasteiger partial charge < -0.3 is 10.6 Å². The predicted octanol–water partition coefficient (Wildman–Crippen LogP) is 4.90. The standard InChI is InChI=1S/C18H28N2O/c1-14(2)16-10-6-7-11-17(16)20-18(21)19-13-12-15-8-4-3-5-9-15/h6-7,10-11,14-15H,3-5,8-9,12-13H2,1-2H3,(H2,19,20,21). The first kappa shape index (κ1) is 15.9. The quantitative estimate of drug-likeness (QED) is 0.794. The number of benzene rings is 1. The summed E-state index contributed by atoms with van der Waals surface area (Å²) in [7, 11) is 0. The number of urea groups is 1. The Morgan fingerprint density at radius 3 is 2.62 bits per heavy atom. The maximum Gasteiger partial charge on any atom is 0.319 e. The van der Waals surface area contributed by atoms with E-state index in [0.29, 0.717) is 5.92 Å². The van der Waals surface area contributed by atoms with Gasteiger partial charge in [0.1, 0.15) is 0 Å². The molecule has 1 aliphatic rings. The van der Waals surface area contributed by atoms with Crippen LogP contribution < -0.4 is 10.6 Å². The monoisotopic (exact) mass is 288 g/mol. The SMILES string of the molecule is CC(C)c1ccccc1NC(=O)NCCC1CCCCC1. The number of carbonyl (C=O) groups is 1. The van der Waals surface area contributed by atoms with E-state index in [1.54, 1.807) is 0 Å². The maximum absolute atomic E-state index is 12.0. The Morgan fingerprint density at radius 2 is 1.90 bits per heavy atom. The molecule has 0 aliphatic heterocycles. The molecule has 1 fully saturated rings. The summed E-state index contributed by atoms with van der Waals surface area (Å²) in [6.45, 7) is 5.06.